The summed E-state index contributed by atoms with van der Waals surface area (Å²) in [5.41, 5.74) is 3.59. The topological polar surface area (TPSA) is 4.93 Å². The monoisotopic (exact) mass is 583 g/mol. The second-order valence-electron chi connectivity index (χ2n) is 9.91. The van der Waals surface area contributed by atoms with Gasteiger partial charge in [0, 0.05) is 0 Å². The number of fused-ring (bicyclic) bond motifs is 3. The van der Waals surface area contributed by atoms with Gasteiger partial charge in [0.25, 0.3) is 0 Å². The standard InChI is InChI=1S/C36H27BrNP/c37-39(29-17-7-2-8-18-29,30-19-9-3-10-20-30,31-21-11-4-12-22-31)32-25-26-36-34(27-32)33-23-13-14-24-35(33)38(36)28-15-5-1-6-16-28/h1-27H. The van der Waals surface area contributed by atoms with Crippen LogP contribution in [0.3, 0.4) is 0 Å². The van der Waals surface area contributed by atoms with Crippen molar-refractivity contribution in [2.45, 2.75) is 0 Å². The van der Waals surface area contributed by atoms with E-state index in [2.05, 4.69) is 184 Å². The molecule has 3 heteroatoms. The van der Waals surface area contributed by atoms with Crippen LogP contribution in [0.5, 0.6) is 0 Å². The molecule has 0 fully saturated rings. The molecule has 0 aliphatic heterocycles. The Morgan fingerprint density at radius 3 is 1.36 bits per heavy atom. The van der Waals surface area contributed by atoms with E-state index < -0.39 is 5.31 Å². The molecule has 0 saturated heterocycles. The van der Waals surface area contributed by atoms with Crippen LogP contribution in [0.2, 0.25) is 0 Å². The number of nitrogens with zero attached hydrogens (tertiary/aromatic N) is 1. The van der Waals surface area contributed by atoms with E-state index in [9.17, 15) is 0 Å². The number of halogens is 1. The van der Waals surface area contributed by atoms with Gasteiger partial charge in [0.1, 0.15) is 0 Å². The van der Waals surface area contributed by atoms with Crippen LogP contribution in [0, 0.1) is 0 Å². The Morgan fingerprint density at radius 1 is 0.385 bits per heavy atom. The summed E-state index contributed by atoms with van der Waals surface area (Å²) < 4.78 is 2.38. The van der Waals surface area contributed by atoms with Crippen LogP contribution in [0.15, 0.2) is 164 Å². The van der Waals surface area contributed by atoms with Crippen LogP contribution in [0.1, 0.15) is 0 Å². The van der Waals surface area contributed by atoms with Crippen molar-refractivity contribution in [3.63, 3.8) is 0 Å². The summed E-state index contributed by atoms with van der Waals surface area (Å²) >= 11 is 4.65. The van der Waals surface area contributed by atoms with E-state index in [0.29, 0.717) is 0 Å². The molecule has 1 nitrogen and oxygen atoms in total. The third-order valence-electron chi connectivity index (χ3n) is 7.88. The van der Waals surface area contributed by atoms with Crippen molar-refractivity contribution in [2.24, 2.45) is 0 Å². The average Bonchev–Trinajstić information content (AvgIpc) is 3.36. The summed E-state index contributed by atoms with van der Waals surface area (Å²) in [5, 5.41) is 4.34. The van der Waals surface area contributed by atoms with Crippen LogP contribution in [-0.4, -0.2) is 4.57 Å². The van der Waals surface area contributed by atoms with E-state index >= 15 is 0 Å². The molecule has 0 N–H and O–H groups in total. The van der Waals surface area contributed by atoms with Crippen LogP contribution < -0.4 is 21.2 Å². The predicted octanol–water partition coefficient (Wildman–Crippen LogP) is 8.25. The van der Waals surface area contributed by atoms with Gasteiger partial charge in [-0.1, -0.05) is 0 Å². The normalized spacial score (nSPS) is 12.8. The molecule has 1 aromatic heterocycles. The summed E-state index contributed by atoms with van der Waals surface area (Å²) in [4.78, 5) is 0. The predicted molar refractivity (Wildman–Crippen MR) is 174 cm³/mol. The molecule has 188 valence electrons. The molecule has 0 aliphatic rings. The SMILES string of the molecule is BrP(c1ccccc1)(c1ccccc1)(c1ccccc1)c1ccc2c(c1)c1ccccc1n2-c1ccccc1. The zero-order valence-corrected chi connectivity index (χ0v) is 23.8. The number of aromatic nitrogens is 1. The van der Waals surface area contributed by atoms with Gasteiger partial charge in [0.2, 0.25) is 0 Å². The van der Waals surface area contributed by atoms with Crippen LogP contribution in [-0.2, 0) is 0 Å². The Hall–Kier alpha value is -3.97. The molecule has 0 aliphatic carbocycles. The third kappa shape index (κ3) is 3.49. The minimum atomic E-state index is -3.30. The first kappa shape index (κ1) is 24.1. The molecule has 6 aromatic carbocycles. The first-order chi connectivity index (χ1) is 19.2. The van der Waals surface area contributed by atoms with E-state index in [4.69, 9.17) is 0 Å². The van der Waals surface area contributed by atoms with Crippen LogP contribution in [0.4, 0.5) is 0 Å². The van der Waals surface area contributed by atoms with E-state index in [-0.39, 0.29) is 0 Å². The van der Waals surface area contributed by atoms with Gasteiger partial charge in [-0.15, -0.1) is 0 Å². The average molecular weight is 584 g/mol. The van der Waals surface area contributed by atoms with Gasteiger partial charge in [-0.3, -0.25) is 0 Å². The zero-order valence-electron chi connectivity index (χ0n) is 21.4. The first-order valence-electron chi connectivity index (χ1n) is 13.2. The summed E-state index contributed by atoms with van der Waals surface area (Å²) in [6, 6.07) is 59.4. The molecule has 0 saturated carbocycles. The van der Waals surface area contributed by atoms with Crippen molar-refractivity contribution in [3.05, 3.63) is 164 Å². The maximum atomic E-state index is 4.65. The molecule has 0 unspecified atom stereocenters. The Labute approximate surface area is 237 Å². The van der Waals surface area contributed by atoms with Crippen molar-refractivity contribution in [1.82, 2.24) is 4.57 Å². The van der Waals surface area contributed by atoms with Gasteiger partial charge in [-0.05, 0) is 0 Å². The van der Waals surface area contributed by atoms with Gasteiger partial charge >= 0.3 is 238 Å². The molecule has 0 amide bonds. The number of benzene rings is 6. The fraction of sp³-hybridized carbons (Fsp3) is 0. The number of para-hydroxylation sites is 2. The fourth-order valence-corrected chi connectivity index (χ4v) is 13.6. The molecule has 0 spiro atoms. The molecule has 1 heterocycles. The number of hydrogen-bond acceptors (Lipinski definition) is 0. The molecule has 7 aromatic rings. The van der Waals surface area contributed by atoms with Gasteiger partial charge in [0.05, 0.1) is 0 Å². The van der Waals surface area contributed by atoms with Gasteiger partial charge in [-0.2, -0.15) is 0 Å². The molecular weight excluding hydrogens is 557 g/mol. The van der Waals surface area contributed by atoms with Crippen LogP contribution >= 0.6 is 20.8 Å². The molecule has 39 heavy (non-hydrogen) atoms. The Kier molecular flexibility index (Phi) is 5.77. The Bertz CT molecular complexity index is 1810. The molecule has 0 radical (unpaired) electrons. The minimum absolute atomic E-state index is 1.17. The van der Waals surface area contributed by atoms with Gasteiger partial charge < -0.3 is 0 Å². The van der Waals surface area contributed by atoms with Crippen molar-refractivity contribution in [1.29, 1.82) is 0 Å². The summed E-state index contributed by atoms with van der Waals surface area (Å²) in [5.74, 6) is 0. The van der Waals surface area contributed by atoms with Crippen molar-refractivity contribution in [3.8, 4) is 5.69 Å². The van der Waals surface area contributed by atoms with E-state index in [1.54, 1.807) is 0 Å². The number of rotatable bonds is 5. The van der Waals surface area contributed by atoms with Crippen LogP contribution in [0.25, 0.3) is 27.5 Å². The number of hydrogen-bond donors (Lipinski definition) is 0. The van der Waals surface area contributed by atoms with Crippen molar-refractivity contribution >= 4 is 63.8 Å². The summed E-state index contributed by atoms with van der Waals surface area (Å²) in [6.07, 6.45) is 0. The Balaban J connectivity index is 1.65. The summed E-state index contributed by atoms with van der Waals surface area (Å²) in [7, 11) is 0. The van der Waals surface area contributed by atoms with E-state index in [0.717, 1.165) is 0 Å². The fourth-order valence-electron chi connectivity index (χ4n) is 6.10. The second-order valence-corrected chi connectivity index (χ2v) is 18.2. The molecule has 0 bridgehead atoms. The molecular formula is C36H27BrNP. The van der Waals surface area contributed by atoms with Gasteiger partial charge in [0.15, 0.2) is 0 Å². The zero-order chi connectivity index (χ0) is 26.3. The summed E-state index contributed by atoms with van der Waals surface area (Å²) in [6.45, 7) is 0. The van der Waals surface area contributed by atoms with E-state index in [1.165, 1.54) is 48.7 Å². The first-order valence-corrected chi connectivity index (χ1v) is 17.4. The second kappa shape index (κ2) is 9.35. The van der Waals surface area contributed by atoms with Crippen molar-refractivity contribution < 1.29 is 0 Å². The van der Waals surface area contributed by atoms with Gasteiger partial charge in [-0.25, -0.2) is 0 Å². The molecule has 7 rings (SSSR count). The maximum absolute atomic E-state index is 4.65. The van der Waals surface area contributed by atoms with Crippen molar-refractivity contribution in [2.75, 3.05) is 0 Å². The van der Waals surface area contributed by atoms with E-state index in [1.807, 2.05) is 0 Å². The Morgan fingerprint density at radius 2 is 0.821 bits per heavy atom. The molecule has 0 atom stereocenters. The quantitative estimate of drug-likeness (QED) is 0.180. The third-order valence-corrected chi connectivity index (χ3v) is 17.8.